The molecule has 2 unspecified atom stereocenters. The Morgan fingerprint density at radius 1 is 1.64 bits per heavy atom. The number of hydrogen-bond donors (Lipinski definition) is 2. The summed E-state index contributed by atoms with van der Waals surface area (Å²) < 4.78 is 35.2. The summed E-state index contributed by atoms with van der Waals surface area (Å²) in [6.07, 6.45) is 1.56. The van der Waals surface area contributed by atoms with E-state index in [4.69, 9.17) is 9.29 Å². The van der Waals surface area contributed by atoms with E-state index in [1.807, 2.05) is 0 Å². The standard InChI is InChI=1S/C8H17NO4S/c1-13-8(6-14(10,11)12)7-3-2-4-9-5-7/h7-9H,2-6H2,1H3,(H,10,11,12). The second-order valence-corrected chi connectivity index (χ2v) is 5.13. The Bertz CT molecular complexity index is 259. The van der Waals surface area contributed by atoms with Crippen molar-refractivity contribution in [2.45, 2.75) is 18.9 Å². The van der Waals surface area contributed by atoms with Crippen LogP contribution in [0.2, 0.25) is 0 Å². The van der Waals surface area contributed by atoms with Crippen LogP contribution >= 0.6 is 0 Å². The third kappa shape index (κ3) is 3.91. The van der Waals surface area contributed by atoms with E-state index >= 15 is 0 Å². The molecule has 1 heterocycles. The summed E-state index contributed by atoms with van der Waals surface area (Å²) in [5.74, 6) is -0.133. The molecule has 1 rings (SSSR count). The lowest BCUT2D eigenvalue weighted by molar-refractivity contribution is 0.0574. The Morgan fingerprint density at radius 3 is 2.79 bits per heavy atom. The third-order valence-electron chi connectivity index (χ3n) is 2.54. The molecular weight excluding hydrogens is 206 g/mol. The van der Waals surface area contributed by atoms with Crippen molar-refractivity contribution in [3.63, 3.8) is 0 Å². The first kappa shape index (κ1) is 11.9. The molecule has 6 heteroatoms. The van der Waals surface area contributed by atoms with Gasteiger partial charge in [0.15, 0.2) is 0 Å². The van der Waals surface area contributed by atoms with Crippen LogP contribution in [-0.2, 0) is 14.9 Å². The van der Waals surface area contributed by atoms with Crippen molar-refractivity contribution in [3.05, 3.63) is 0 Å². The van der Waals surface area contributed by atoms with E-state index in [0.29, 0.717) is 0 Å². The van der Waals surface area contributed by atoms with E-state index in [1.54, 1.807) is 0 Å². The van der Waals surface area contributed by atoms with Gasteiger partial charge in [0.1, 0.15) is 5.75 Å². The van der Waals surface area contributed by atoms with Crippen molar-refractivity contribution in [1.29, 1.82) is 0 Å². The summed E-state index contributed by atoms with van der Waals surface area (Å²) in [6, 6.07) is 0. The van der Waals surface area contributed by atoms with Gasteiger partial charge in [-0.25, -0.2) is 0 Å². The number of rotatable bonds is 4. The lowest BCUT2D eigenvalue weighted by atomic mass is 9.95. The van der Waals surface area contributed by atoms with E-state index in [9.17, 15) is 8.42 Å². The highest BCUT2D eigenvalue weighted by molar-refractivity contribution is 7.85. The molecule has 1 fully saturated rings. The Labute approximate surface area is 84.6 Å². The lowest BCUT2D eigenvalue weighted by Crippen LogP contribution is -2.40. The van der Waals surface area contributed by atoms with Crippen molar-refractivity contribution in [2.24, 2.45) is 5.92 Å². The lowest BCUT2D eigenvalue weighted by Gasteiger charge is -2.28. The number of methoxy groups -OCH3 is 1. The molecule has 0 aliphatic carbocycles. The number of nitrogens with one attached hydrogen (secondary N) is 1. The first-order chi connectivity index (χ1) is 6.53. The minimum absolute atomic E-state index is 0.177. The van der Waals surface area contributed by atoms with Gasteiger partial charge in [-0.1, -0.05) is 0 Å². The molecular formula is C8H17NO4S. The molecule has 0 saturated carbocycles. The summed E-state index contributed by atoms with van der Waals surface area (Å²) in [7, 11) is -2.46. The van der Waals surface area contributed by atoms with Gasteiger partial charge in [-0.2, -0.15) is 8.42 Å². The molecule has 0 aromatic rings. The second-order valence-electron chi connectivity index (χ2n) is 3.63. The Hall–Kier alpha value is -0.170. The van der Waals surface area contributed by atoms with Crippen molar-refractivity contribution >= 4 is 10.1 Å². The van der Waals surface area contributed by atoms with Crippen LogP contribution in [0.15, 0.2) is 0 Å². The zero-order valence-electron chi connectivity index (χ0n) is 8.27. The van der Waals surface area contributed by atoms with Gasteiger partial charge < -0.3 is 10.1 Å². The highest BCUT2D eigenvalue weighted by atomic mass is 32.2. The second kappa shape index (κ2) is 5.06. The number of piperidine rings is 1. The topological polar surface area (TPSA) is 75.6 Å². The monoisotopic (exact) mass is 223 g/mol. The summed E-state index contributed by atoms with van der Waals surface area (Å²) in [5.41, 5.74) is 0. The van der Waals surface area contributed by atoms with E-state index < -0.39 is 16.2 Å². The quantitative estimate of drug-likeness (QED) is 0.650. The largest absolute Gasteiger partial charge is 0.380 e. The van der Waals surface area contributed by atoms with Crippen LogP contribution in [0.25, 0.3) is 0 Å². The molecule has 0 bridgehead atoms. The average Bonchev–Trinajstić information content (AvgIpc) is 2.14. The number of ether oxygens (including phenoxy) is 1. The predicted octanol–water partition coefficient (Wildman–Crippen LogP) is -0.111. The zero-order chi connectivity index (χ0) is 10.6. The minimum Gasteiger partial charge on any atom is -0.380 e. The third-order valence-corrected chi connectivity index (χ3v) is 3.29. The smallest absolute Gasteiger partial charge is 0.267 e. The molecule has 0 amide bonds. The van der Waals surface area contributed by atoms with E-state index in [2.05, 4.69) is 5.32 Å². The van der Waals surface area contributed by atoms with Crippen LogP contribution in [-0.4, -0.2) is 45.0 Å². The van der Waals surface area contributed by atoms with E-state index in [0.717, 1.165) is 25.9 Å². The Kier molecular flexibility index (Phi) is 4.31. The van der Waals surface area contributed by atoms with Gasteiger partial charge in [0, 0.05) is 13.7 Å². The SMILES string of the molecule is COC(CS(=O)(=O)O)C1CCCNC1. The van der Waals surface area contributed by atoms with E-state index in [-0.39, 0.29) is 11.7 Å². The molecule has 1 aliphatic rings. The van der Waals surface area contributed by atoms with Gasteiger partial charge in [0.05, 0.1) is 6.10 Å². The van der Waals surface area contributed by atoms with E-state index in [1.165, 1.54) is 7.11 Å². The normalized spacial score (nSPS) is 26.0. The molecule has 2 atom stereocenters. The van der Waals surface area contributed by atoms with Crippen molar-refractivity contribution in [3.8, 4) is 0 Å². The fourth-order valence-corrected chi connectivity index (χ4v) is 2.62. The van der Waals surface area contributed by atoms with Gasteiger partial charge >= 0.3 is 0 Å². The number of hydrogen-bond acceptors (Lipinski definition) is 4. The Morgan fingerprint density at radius 2 is 2.36 bits per heavy atom. The maximum Gasteiger partial charge on any atom is 0.267 e. The molecule has 0 radical (unpaired) electrons. The van der Waals surface area contributed by atoms with Gasteiger partial charge in [-0.15, -0.1) is 0 Å². The predicted molar refractivity (Wildman–Crippen MR) is 52.8 cm³/mol. The average molecular weight is 223 g/mol. The molecule has 0 aromatic carbocycles. The minimum atomic E-state index is -3.94. The molecule has 2 N–H and O–H groups in total. The van der Waals surface area contributed by atoms with Crippen LogP contribution in [0.4, 0.5) is 0 Å². The summed E-state index contributed by atoms with van der Waals surface area (Å²) >= 11 is 0. The van der Waals surface area contributed by atoms with Crippen LogP contribution in [0.3, 0.4) is 0 Å². The van der Waals surface area contributed by atoms with Crippen molar-refractivity contribution in [1.82, 2.24) is 5.32 Å². The molecule has 14 heavy (non-hydrogen) atoms. The molecule has 0 spiro atoms. The van der Waals surface area contributed by atoms with Crippen molar-refractivity contribution < 1.29 is 17.7 Å². The van der Waals surface area contributed by atoms with Gasteiger partial charge in [-0.3, -0.25) is 4.55 Å². The van der Waals surface area contributed by atoms with Gasteiger partial charge in [-0.05, 0) is 25.3 Å². The summed E-state index contributed by atoms with van der Waals surface area (Å²) in [6.45, 7) is 1.73. The van der Waals surface area contributed by atoms with Crippen LogP contribution in [0.5, 0.6) is 0 Å². The molecule has 84 valence electrons. The Balaban J connectivity index is 2.52. The van der Waals surface area contributed by atoms with Crippen LogP contribution < -0.4 is 5.32 Å². The summed E-state index contributed by atoms with van der Waals surface area (Å²) in [5, 5.41) is 3.18. The fraction of sp³-hybridized carbons (Fsp3) is 1.00. The van der Waals surface area contributed by atoms with Gasteiger partial charge in [0.25, 0.3) is 10.1 Å². The summed E-state index contributed by atoms with van der Waals surface area (Å²) in [4.78, 5) is 0. The fourth-order valence-electron chi connectivity index (χ4n) is 1.80. The zero-order valence-corrected chi connectivity index (χ0v) is 9.09. The molecule has 0 aromatic heterocycles. The van der Waals surface area contributed by atoms with Gasteiger partial charge in [0.2, 0.25) is 0 Å². The first-order valence-electron chi connectivity index (χ1n) is 4.71. The van der Waals surface area contributed by atoms with Crippen LogP contribution in [0, 0.1) is 5.92 Å². The molecule has 1 aliphatic heterocycles. The molecule has 5 nitrogen and oxygen atoms in total. The highest BCUT2D eigenvalue weighted by Gasteiger charge is 2.27. The van der Waals surface area contributed by atoms with Crippen LogP contribution in [0.1, 0.15) is 12.8 Å². The highest BCUT2D eigenvalue weighted by Crippen LogP contribution is 2.17. The maximum atomic E-state index is 10.7. The molecule has 1 saturated heterocycles. The van der Waals surface area contributed by atoms with Crippen molar-refractivity contribution in [2.75, 3.05) is 26.0 Å². The first-order valence-corrected chi connectivity index (χ1v) is 6.32. The maximum absolute atomic E-state index is 10.7.